The summed E-state index contributed by atoms with van der Waals surface area (Å²) in [5.74, 6) is 0.0568. The number of unbranched alkanes of at least 4 members (excludes halogenated alkanes) is 1. The van der Waals surface area contributed by atoms with Crippen LogP contribution in [-0.2, 0) is 11.3 Å². The lowest BCUT2D eigenvalue weighted by Crippen LogP contribution is -2.39. The molecule has 2 heteroatoms. The first kappa shape index (κ1) is 15.5. The monoisotopic (exact) mass is 305 g/mol. The summed E-state index contributed by atoms with van der Waals surface area (Å²) in [7, 11) is 0. The van der Waals surface area contributed by atoms with Gasteiger partial charge >= 0.3 is 0 Å². The van der Waals surface area contributed by atoms with Gasteiger partial charge in [-0.05, 0) is 23.1 Å². The number of benzene rings is 2. The van der Waals surface area contributed by atoms with Crippen molar-refractivity contribution < 1.29 is 4.79 Å². The summed E-state index contributed by atoms with van der Waals surface area (Å²) >= 11 is 0. The van der Waals surface area contributed by atoms with E-state index in [1.165, 1.54) is 5.56 Å². The number of hydrogen-bond donors (Lipinski definition) is 0. The Morgan fingerprint density at radius 2 is 1.83 bits per heavy atom. The first-order valence-corrected chi connectivity index (χ1v) is 8.39. The maximum absolute atomic E-state index is 12.9. The minimum Gasteiger partial charge on any atom is -0.338 e. The average molecular weight is 305 g/mol. The molecule has 1 heterocycles. The van der Waals surface area contributed by atoms with E-state index < -0.39 is 0 Å². The predicted octanol–water partition coefficient (Wildman–Crippen LogP) is 4.63. The van der Waals surface area contributed by atoms with Crippen LogP contribution in [0.2, 0.25) is 0 Å². The van der Waals surface area contributed by atoms with Gasteiger partial charge in [-0.15, -0.1) is 0 Å². The molecule has 2 aromatic rings. The molecule has 1 amide bonds. The molecule has 2 nitrogen and oxygen atoms in total. The fourth-order valence-electron chi connectivity index (χ4n) is 3.09. The van der Waals surface area contributed by atoms with Crippen molar-refractivity contribution in [3.8, 4) is 0 Å². The number of fused-ring (bicyclic) bond motifs is 1. The second-order valence-electron chi connectivity index (χ2n) is 6.06. The molecule has 118 valence electrons. The molecule has 1 unspecified atom stereocenters. The van der Waals surface area contributed by atoms with Crippen molar-refractivity contribution in [3.63, 3.8) is 0 Å². The topological polar surface area (TPSA) is 20.3 Å². The zero-order valence-electron chi connectivity index (χ0n) is 13.6. The highest BCUT2D eigenvalue weighted by Gasteiger charge is 2.30. The van der Waals surface area contributed by atoms with Crippen LogP contribution in [0.1, 0.15) is 42.4 Å². The molecule has 1 aliphatic heterocycles. The van der Waals surface area contributed by atoms with Crippen LogP contribution in [0, 0.1) is 0 Å². The molecule has 0 aliphatic carbocycles. The van der Waals surface area contributed by atoms with Gasteiger partial charge in [-0.1, -0.05) is 80.1 Å². The summed E-state index contributed by atoms with van der Waals surface area (Å²) in [6.07, 6.45) is 6.27. The van der Waals surface area contributed by atoms with Crippen molar-refractivity contribution in [1.82, 2.24) is 4.90 Å². The molecule has 0 fully saturated rings. The van der Waals surface area contributed by atoms with Crippen molar-refractivity contribution in [2.45, 2.75) is 32.2 Å². The second-order valence-corrected chi connectivity index (χ2v) is 6.06. The smallest absolute Gasteiger partial charge is 0.234 e. The Morgan fingerprint density at radius 3 is 2.61 bits per heavy atom. The average Bonchev–Trinajstić information content (AvgIpc) is 2.60. The molecule has 0 aromatic heterocycles. The molecule has 0 saturated carbocycles. The van der Waals surface area contributed by atoms with E-state index in [1.807, 2.05) is 29.2 Å². The molecule has 0 bridgehead atoms. The van der Waals surface area contributed by atoms with Crippen LogP contribution in [0.3, 0.4) is 0 Å². The first-order chi connectivity index (χ1) is 11.3. The van der Waals surface area contributed by atoms with Crippen molar-refractivity contribution >= 4 is 12.0 Å². The van der Waals surface area contributed by atoms with Gasteiger partial charge in [0.2, 0.25) is 5.91 Å². The third-order valence-corrected chi connectivity index (χ3v) is 4.39. The molecule has 0 N–H and O–H groups in total. The van der Waals surface area contributed by atoms with Crippen molar-refractivity contribution in [2.24, 2.45) is 0 Å². The Hall–Kier alpha value is -2.35. The number of hydrogen-bond acceptors (Lipinski definition) is 1. The maximum Gasteiger partial charge on any atom is 0.234 e. The lowest BCUT2D eigenvalue weighted by Gasteiger charge is -2.33. The summed E-state index contributed by atoms with van der Waals surface area (Å²) < 4.78 is 0. The predicted molar refractivity (Wildman–Crippen MR) is 95.0 cm³/mol. The van der Waals surface area contributed by atoms with Crippen LogP contribution in [0.15, 0.2) is 60.7 Å². The van der Waals surface area contributed by atoms with Crippen molar-refractivity contribution in [3.05, 3.63) is 77.4 Å². The number of rotatable bonds is 5. The molecule has 0 radical (unpaired) electrons. The Labute approximate surface area is 138 Å². The van der Waals surface area contributed by atoms with Crippen LogP contribution in [0.4, 0.5) is 0 Å². The van der Waals surface area contributed by atoms with Gasteiger partial charge in [-0.2, -0.15) is 0 Å². The quantitative estimate of drug-likeness (QED) is 0.789. The highest BCUT2D eigenvalue weighted by molar-refractivity contribution is 5.88. The van der Waals surface area contributed by atoms with Crippen LogP contribution < -0.4 is 0 Å². The van der Waals surface area contributed by atoms with E-state index in [-0.39, 0.29) is 11.8 Å². The standard InChI is InChI=1S/C21H23NO/c1-2-3-15-22-16-18-11-7-8-12-19(18)20(21(22)23)14-13-17-9-5-4-6-10-17/h4-14,20H,2-3,15-16H2,1H3/b14-13+. The molecular formula is C21H23NO. The van der Waals surface area contributed by atoms with Gasteiger partial charge in [-0.3, -0.25) is 4.79 Å². The van der Waals surface area contributed by atoms with Gasteiger partial charge in [-0.25, -0.2) is 0 Å². The summed E-state index contributed by atoms with van der Waals surface area (Å²) in [6, 6.07) is 18.5. The minimum absolute atomic E-state index is 0.169. The van der Waals surface area contributed by atoms with E-state index >= 15 is 0 Å². The van der Waals surface area contributed by atoms with E-state index in [4.69, 9.17) is 0 Å². The van der Waals surface area contributed by atoms with Crippen LogP contribution in [-0.4, -0.2) is 17.4 Å². The third kappa shape index (κ3) is 3.53. The molecule has 0 spiro atoms. The van der Waals surface area contributed by atoms with E-state index in [0.29, 0.717) is 0 Å². The zero-order chi connectivity index (χ0) is 16.1. The van der Waals surface area contributed by atoms with Gasteiger partial charge in [0.1, 0.15) is 0 Å². The molecule has 3 rings (SSSR count). The summed E-state index contributed by atoms with van der Waals surface area (Å²) in [6.45, 7) is 3.75. The molecule has 1 aliphatic rings. The molecule has 23 heavy (non-hydrogen) atoms. The van der Waals surface area contributed by atoms with Crippen LogP contribution in [0.25, 0.3) is 6.08 Å². The highest BCUT2D eigenvalue weighted by Crippen LogP contribution is 2.31. The largest absolute Gasteiger partial charge is 0.338 e. The van der Waals surface area contributed by atoms with E-state index in [2.05, 4.69) is 49.4 Å². The number of nitrogens with zero attached hydrogens (tertiary/aromatic N) is 1. The minimum atomic E-state index is -0.169. The fourth-order valence-corrected chi connectivity index (χ4v) is 3.09. The van der Waals surface area contributed by atoms with Crippen molar-refractivity contribution in [2.75, 3.05) is 6.54 Å². The van der Waals surface area contributed by atoms with Gasteiger partial charge < -0.3 is 4.90 Å². The lowest BCUT2D eigenvalue weighted by atomic mass is 9.88. The number of amides is 1. The molecular weight excluding hydrogens is 282 g/mol. The summed E-state index contributed by atoms with van der Waals surface area (Å²) in [5, 5.41) is 0. The van der Waals surface area contributed by atoms with Gasteiger partial charge in [0.25, 0.3) is 0 Å². The molecule has 2 aromatic carbocycles. The maximum atomic E-state index is 12.9. The molecule has 0 saturated heterocycles. The summed E-state index contributed by atoms with van der Waals surface area (Å²) in [5.41, 5.74) is 3.55. The zero-order valence-corrected chi connectivity index (χ0v) is 13.6. The fraction of sp³-hybridized carbons (Fsp3) is 0.286. The third-order valence-electron chi connectivity index (χ3n) is 4.39. The SMILES string of the molecule is CCCCN1Cc2ccccc2C(/C=C/c2ccccc2)C1=O. The van der Waals surface area contributed by atoms with E-state index in [0.717, 1.165) is 37.1 Å². The highest BCUT2D eigenvalue weighted by atomic mass is 16.2. The van der Waals surface area contributed by atoms with Gasteiger partial charge in [0.15, 0.2) is 0 Å². The lowest BCUT2D eigenvalue weighted by molar-refractivity contribution is -0.133. The van der Waals surface area contributed by atoms with Gasteiger partial charge in [0, 0.05) is 13.1 Å². The summed E-state index contributed by atoms with van der Waals surface area (Å²) in [4.78, 5) is 14.9. The van der Waals surface area contributed by atoms with E-state index in [9.17, 15) is 4.79 Å². The van der Waals surface area contributed by atoms with Crippen LogP contribution in [0.5, 0.6) is 0 Å². The normalized spacial score (nSPS) is 17.5. The first-order valence-electron chi connectivity index (χ1n) is 8.39. The Kier molecular flexibility index (Phi) is 4.92. The molecule has 1 atom stereocenters. The van der Waals surface area contributed by atoms with Crippen LogP contribution >= 0.6 is 0 Å². The second kappa shape index (κ2) is 7.28. The van der Waals surface area contributed by atoms with E-state index in [1.54, 1.807) is 0 Å². The Morgan fingerprint density at radius 1 is 1.09 bits per heavy atom. The Bertz CT molecular complexity index is 690. The van der Waals surface area contributed by atoms with Gasteiger partial charge in [0.05, 0.1) is 5.92 Å². The Balaban J connectivity index is 1.89. The number of carbonyl (C=O) groups excluding carboxylic acids is 1. The van der Waals surface area contributed by atoms with Crippen molar-refractivity contribution in [1.29, 1.82) is 0 Å². The number of carbonyl (C=O) groups is 1.